The van der Waals surface area contributed by atoms with E-state index in [2.05, 4.69) is 10.2 Å². The van der Waals surface area contributed by atoms with Crippen molar-refractivity contribution in [1.29, 1.82) is 0 Å². The SMILES string of the molecule is COc1ccc(CNC(=O)CCN2CCC3(CC2)CC(=O)N(C)C3)cc1. The Kier molecular flexibility index (Phi) is 5.81. The number of hydrogen-bond acceptors (Lipinski definition) is 4. The molecule has 2 aliphatic rings. The molecule has 3 rings (SSSR count). The van der Waals surface area contributed by atoms with Gasteiger partial charge >= 0.3 is 0 Å². The maximum absolute atomic E-state index is 12.1. The lowest BCUT2D eigenvalue weighted by Crippen LogP contribution is -2.42. The first kappa shape index (κ1) is 18.7. The van der Waals surface area contributed by atoms with Crippen molar-refractivity contribution in [1.82, 2.24) is 15.1 Å². The maximum Gasteiger partial charge on any atom is 0.222 e. The number of benzene rings is 1. The number of amides is 2. The predicted molar refractivity (Wildman–Crippen MR) is 99.8 cm³/mol. The van der Waals surface area contributed by atoms with Crippen LogP contribution in [0.2, 0.25) is 0 Å². The predicted octanol–water partition coefficient (Wildman–Crippen LogP) is 1.65. The third kappa shape index (κ3) is 4.55. The van der Waals surface area contributed by atoms with E-state index in [9.17, 15) is 9.59 Å². The van der Waals surface area contributed by atoms with Crippen molar-refractivity contribution in [2.45, 2.75) is 32.2 Å². The molecule has 0 aromatic heterocycles. The molecule has 2 aliphatic heterocycles. The zero-order valence-corrected chi connectivity index (χ0v) is 15.8. The number of carbonyl (C=O) groups is 2. The molecule has 2 saturated heterocycles. The molecule has 0 aliphatic carbocycles. The van der Waals surface area contributed by atoms with Gasteiger partial charge in [0.15, 0.2) is 0 Å². The Bertz CT molecular complexity index is 636. The molecule has 1 aromatic rings. The molecule has 6 nitrogen and oxygen atoms in total. The minimum Gasteiger partial charge on any atom is -0.497 e. The van der Waals surface area contributed by atoms with Crippen LogP contribution in [0.15, 0.2) is 24.3 Å². The van der Waals surface area contributed by atoms with Gasteiger partial charge in [-0.25, -0.2) is 0 Å². The molecule has 2 amide bonds. The van der Waals surface area contributed by atoms with Gasteiger partial charge in [-0.3, -0.25) is 9.59 Å². The fourth-order valence-electron chi connectivity index (χ4n) is 3.98. The number of rotatable bonds is 6. The number of ether oxygens (including phenoxy) is 1. The van der Waals surface area contributed by atoms with Crippen LogP contribution in [0.25, 0.3) is 0 Å². The van der Waals surface area contributed by atoms with Crippen molar-refractivity contribution in [3.8, 4) is 5.75 Å². The third-order valence-electron chi connectivity index (χ3n) is 5.75. The Labute approximate surface area is 155 Å². The molecule has 2 fully saturated rings. The highest BCUT2D eigenvalue weighted by atomic mass is 16.5. The molecule has 142 valence electrons. The lowest BCUT2D eigenvalue weighted by molar-refractivity contribution is -0.126. The van der Waals surface area contributed by atoms with Crippen LogP contribution < -0.4 is 10.1 Å². The Hall–Kier alpha value is -2.08. The Balaban J connectivity index is 1.35. The highest BCUT2D eigenvalue weighted by molar-refractivity contribution is 5.79. The fourth-order valence-corrected chi connectivity index (χ4v) is 3.98. The van der Waals surface area contributed by atoms with E-state index in [0.717, 1.165) is 50.3 Å². The third-order valence-corrected chi connectivity index (χ3v) is 5.75. The molecule has 2 heterocycles. The summed E-state index contributed by atoms with van der Waals surface area (Å²) in [6.45, 7) is 4.18. The van der Waals surface area contributed by atoms with E-state index >= 15 is 0 Å². The monoisotopic (exact) mass is 359 g/mol. The lowest BCUT2D eigenvalue weighted by Gasteiger charge is -2.38. The normalized spacial score (nSPS) is 19.8. The van der Waals surface area contributed by atoms with Crippen LogP contribution in [-0.4, -0.2) is 62.0 Å². The minimum atomic E-state index is 0.0804. The summed E-state index contributed by atoms with van der Waals surface area (Å²) < 4.78 is 5.13. The van der Waals surface area contributed by atoms with Gasteiger partial charge < -0.3 is 19.9 Å². The van der Waals surface area contributed by atoms with Gasteiger partial charge in [0.2, 0.25) is 11.8 Å². The van der Waals surface area contributed by atoms with Crippen molar-refractivity contribution in [3.63, 3.8) is 0 Å². The fraction of sp³-hybridized carbons (Fsp3) is 0.600. The average Bonchev–Trinajstić information content (AvgIpc) is 2.93. The summed E-state index contributed by atoms with van der Waals surface area (Å²) in [7, 11) is 3.54. The van der Waals surface area contributed by atoms with E-state index in [-0.39, 0.29) is 17.2 Å². The molecule has 0 radical (unpaired) electrons. The standard InChI is InChI=1S/C20H29N3O3/c1-22-15-20(13-19(22)25)8-11-23(12-9-20)10-7-18(24)21-14-16-3-5-17(26-2)6-4-16/h3-6H,7-15H2,1-2H3,(H,21,24). The second kappa shape index (κ2) is 8.08. The first-order valence-corrected chi connectivity index (χ1v) is 9.36. The summed E-state index contributed by atoms with van der Waals surface area (Å²) in [4.78, 5) is 28.1. The number of carbonyl (C=O) groups excluding carboxylic acids is 2. The van der Waals surface area contributed by atoms with Crippen molar-refractivity contribution in [2.75, 3.05) is 40.3 Å². The van der Waals surface area contributed by atoms with Crippen LogP contribution in [0, 0.1) is 5.41 Å². The van der Waals surface area contributed by atoms with Gasteiger partial charge in [-0.05, 0) is 49.0 Å². The van der Waals surface area contributed by atoms with Crippen molar-refractivity contribution < 1.29 is 14.3 Å². The van der Waals surface area contributed by atoms with Crippen LogP contribution in [0.5, 0.6) is 5.75 Å². The van der Waals surface area contributed by atoms with Gasteiger partial charge in [-0.2, -0.15) is 0 Å². The van der Waals surface area contributed by atoms with E-state index in [0.29, 0.717) is 19.4 Å². The Morgan fingerprint density at radius 2 is 1.92 bits per heavy atom. The maximum atomic E-state index is 12.1. The summed E-state index contributed by atoms with van der Waals surface area (Å²) in [5.74, 6) is 1.17. The molecule has 26 heavy (non-hydrogen) atoms. The van der Waals surface area contributed by atoms with E-state index in [1.54, 1.807) is 7.11 Å². The van der Waals surface area contributed by atoms with Gasteiger partial charge in [0.05, 0.1) is 7.11 Å². The Morgan fingerprint density at radius 3 is 2.50 bits per heavy atom. The van der Waals surface area contributed by atoms with E-state index in [1.807, 2.05) is 36.2 Å². The summed E-state index contributed by atoms with van der Waals surface area (Å²) in [5.41, 5.74) is 1.24. The number of hydrogen-bond donors (Lipinski definition) is 1. The largest absolute Gasteiger partial charge is 0.497 e. The smallest absolute Gasteiger partial charge is 0.222 e. The van der Waals surface area contributed by atoms with Crippen LogP contribution in [0.3, 0.4) is 0 Å². The highest BCUT2D eigenvalue weighted by Gasteiger charge is 2.43. The highest BCUT2D eigenvalue weighted by Crippen LogP contribution is 2.40. The van der Waals surface area contributed by atoms with Crippen LogP contribution >= 0.6 is 0 Å². The zero-order valence-electron chi connectivity index (χ0n) is 15.8. The number of nitrogens with zero attached hydrogens (tertiary/aromatic N) is 2. The van der Waals surface area contributed by atoms with Gasteiger partial charge in [0.25, 0.3) is 0 Å². The van der Waals surface area contributed by atoms with Gasteiger partial charge in [0, 0.05) is 39.5 Å². The second-order valence-corrected chi connectivity index (χ2v) is 7.64. The van der Waals surface area contributed by atoms with Gasteiger partial charge in [0.1, 0.15) is 5.75 Å². The first-order chi connectivity index (χ1) is 12.5. The van der Waals surface area contributed by atoms with Gasteiger partial charge in [-0.15, -0.1) is 0 Å². The molecule has 0 bridgehead atoms. The molecule has 1 aromatic carbocycles. The first-order valence-electron chi connectivity index (χ1n) is 9.36. The van der Waals surface area contributed by atoms with Crippen LogP contribution in [0.4, 0.5) is 0 Å². The zero-order chi connectivity index (χ0) is 18.6. The van der Waals surface area contributed by atoms with E-state index in [4.69, 9.17) is 4.74 Å². The van der Waals surface area contributed by atoms with Crippen LogP contribution in [0.1, 0.15) is 31.2 Å². The average molecular weight is 359 g/mol. The quantitative estimate of drug-likeness (QED) is 0.839. The number of nitrogens with one attached hydrogen (secondary N) is 1. The van der Waals surface area contributed by atoms with Gasteiger partial charge in [-0.1, -0.05) is 12.1 Å². The lowest BCUT2D eigenvalue weighted by atomic mass is 9.77. The molecule has 0 atom stereocenters. The molecular formula is C20H29N3O3. The summed E-state index contributed by atoms with van der Waals surface area (Å²) in [6.07, 6.45) is 3.31. The summed E-state index contributed by atoms with van der Waals surface area (Å²) in [6, 6.07) is 7.72. The minimum absolute atomic E-state index is 0.0804. The summed E-state index contributed by atoms with van der Waals surface area (Å²) >= 11 is 0. The molecular weight excluding hydrogens is 330 g/mol. The molecule has 1 N–H and O–H groups in total. The molecule has 0 saturated carbocycles. The number of piperidine rings is 1. The topological polar surface area (TPSA) is 61.9 Å². The number of likely N-dealkylation sites (tertiary alicyclic amines) is 2. The van der Waals surface area contributed by atoms with Crippen molar-refractivity contribution in [3.05, 3.63) is 29.8 Å². The van der Waals surface area contributed by atoms with E-state index < -0.39 is 0 Å². The Morgan fingerprint density at radius 1 is 1.23 bits per heavy atom. The van der Waals surface area contributed by atoms with Crippen LogP contribution in [-0.2, 0) is 16.1 Å². The molecule has 0 unspecified atom stereocenters. The summed E-state index contributed by atoms with van der Waals surface area (Å²) in [5, 5.41) is 2.98. The number of methoxy groups -OCH3 is 1. The molecule has 6 heteroatoms. The molecule has 1 spiro atoms. The van der Waals surface area contributed by atoms with E-state index in [1.165, 1.54) is 0 Å². The van der Waals surface area contributed by atoms with Crippen molar-refractivity contribution in [2.24, 2.45) is 5.41 Å². The second-order valence-electron chi connectivity index (χ2n) is 7.64. The van der Waals surface area contributed by atoms with Crippen molar-refractivity contribution >= 4 is 11.8 Å².